The third-order valence-corrected chi connectivity index (χ3v) is 0.919. The SMILES string of the molecule is [2H]c1c([2H])c([2H])c(C([2H])([2H])C([2H])([2H])C([2H])([2H])C([2H])([2H])C(=O)O)c([2H])c1[2H]. The predicted octanol–water partition coefficient (Wildman–Crippen LogP) is 2.48. The van der Waals surface area contributed by atoms with Crippen molar-refractivity contribution in [3.8, 4) is 0 Å². The summed E-state index contributed by atoms with van der Waals surface area (Å²) in [6.45, 7) is 0. The first-order chi connectivity index (χ1) is 11.4. The van der Waals surface area contributed by atoms with Crippen molar-refractivity contribution >= 4 is 5.97 Å². The molecule has 0 saturated carbocycles. The van der Waals surface area contributed by atoms with Gasteiger partial charge in [-0.1, -0.05) is 30.2 Å². The molecule has 2 heteroatoms. The first-order valence-electron chi connectivity index (χ1n) is 9.68. The molecule has 0 spiro atoms. The maximum absolute atomic E-state index is 11.0. The smallest absolute Gasteiger partial charge is 0.303 e. The van der Waals surface area contributed by atoms with Crippen LogP contribution in [-0.2, 0) is 11.2 Å². The molecule has 0 saturated heterocycles. The number of aliphatic carboxylic acids is 1. The second-order valence-electron chi connectivity index (χ2n) is 1.81. The average molecular weight is 191 g/mol. The van der Waals surface area contributed by atoms with E-state index in [1.54, 1.807) is 0 Å². The van der Waals surface area contributed by atoms with E-state index < -0.39 is 67.2 Å². The van der Waals surface area contributed by atoms with Crippen molar-refractivity contribution in [2.24, 2.45) is 0 Å². The number of rotatable bonds is 5. The fourth-order valence-corrected chi connectivity index (χ4v) is 0.491. The molecule has 0 radical (unpaired) electrons. The number of hydrogen-bond acceptors (Lipinski definition) is 1. The molecule has 0 atom stereocenters. The molecule has 0 aromatic heterocycles. The quantitative estimate of drug-likeness (QED) is 0.776. The van der Waals surface area contributed by atoms with Crippen LogP contribution in [0.25, 0.3) is 0 Å². The number of carbonyl (C=O) groups is 1. The third-order valence-electron chi connectivity index (χ3n) is 0.919. The van der Waals surface area contributed by atoms with Crippen LogP contribution in [-0.4, -0.2) is 11.1 Å². The van der Waals surface area contributed by atoms with Gasteiger partial charge in [-0.2, -0.15) is 0 Å². The summed E-state index contributed by atoms with van der Waals surface area (Å²) in [4.78, 5) is 11.0. The lowest BCUT2D eigenvalue weighted by atomic mass is 10.1. The summed E-state index contributed by atoms with van der Waals surface area (Å²) in [6, 6.07) is -5.16. The van der Waals surface area contributed by atoms with Gasteiger partial charge in [-0.25, -0.2) is 0 Å². The maximum atomic E-state index is 11.0. The molecule has 1 rings (SSSR count). The van der Waals surface area contributed by atoms with Crippen molar-refractivity contribution < 1.29 is 27.7 Å². The van der Waals surface area contributed by atoms with Gasteiger partial charge in [-0.15, -0.1) is 0 Å². The van der Waals surface area contributed by atoms with Gasteiger partial charge < -0.3 is 5.11 Å². The van der Waals surface area contributed by atoms with Crippen LogP contribution in [0.1, 0.15) is 42.5 Å². The van der Waals surface area contributed by atoms with E-state index in [2.05, 4.69) is 0 Å². The molecule has 2 nitrogen and oxygen atoms in total. The molecular formula is C11H14O2. The number of carboxylic acid groups (broad SMARTS) is 1. The van der Waals surface area contributed by atoms with E-state index in [1.807, 2.05) is 0 Å². The largest absolute Gasteiger partial charge is 0.481 e. The van der Waals surface area contributed by atoms with Gasteiger partial charge in [0.1, 0.15) is 0 Å². The summed E-state index contributed by atoms with van der Waals surface area (Å²) in [6.07, 6.45) is -15.5. The number of hydrogen-bond donors (Lipinski definition) is 1. The van der Waals surface area contributed by atoms with Crippen molar-refractivity contribution in [3.63, 3.8) is 0 Å². The Morgan fingerprint density at radius 1 is 1.38 bits per heavy atom. The lowest BCUT2D eigenvalue weighted by Crippen LogP contribution is -1.94. The molecule has 0 fully saturated rings. The van der Waals surface area contributed by atoms with Crippen LogP contribution in [0.3, 0.4) is 0 Å². The Labute approximate surface area is 96.5 Å². The fraction of sp³-hybridized carbons (Fsp3) is 0.364. The van der Waals surface area contributed by atoms with Crippen molar-refractivity contribution in [2.45, 2.75) is 25.5 Å². The van der Waals surface area contributed by atoms with Crippen LogP contribution < -0.4 is 0 Å². The average Bonchev–Trinajstić information content (AvgIpc) is 2.50. The highest BCUT2D eigenvalue weighted by Crippen LogP contribution is 2.05. The van der Waals surface area contributed by atoms with Crippen molar-refractivity contribution in [1.29, 1.82) is 0 Å². The van der Waals surface area contributed by atoms with Crippen molar-refractivity contribution in [2.75, 3.05) is 0 Å². The Kier molecular flexibility index (Phi) is 0.903. The molecule has 0 unspecified atom stereocenters. The fourth-order valence-electron chi connectivity index (χ4n) is 0.491. The Morgan fingerprint density at radius 3 is 2.69 bits per heavy atom. The van der Waals surface area contributed by atoms with Crippen LogP contribution in [0.2, 0.25) is 0 Å². The minimum absolute atomic E-state index is 0.885. The second-order valence-corrected chi connectivity index (χ2v) is 1.81. The van der Waals surface area contributed by atoms with E-state index in [-0.39, 0.29) is 0 Å². The third kappa shape index (κ3) is 4.31. The highest BCUT2D eigenvalue weighted by atomic mass is 16.4. The number of carboxylic acids is 1. The van der Waals surface area contributed by atoms with E-state index in [0.717, 1.165) is 0 Å². The van der Waals surface area contributed by atoms with E-state index in [9.17, 15) is 4.79 Å². The molecular weight excluding hydrogens is 164 g/mol. The standard InChI is InChI=1S/C11H14O2/c12-11(13)9-5-4-8-10-6-2-1-3-7-10/h1-3,6-7H,4-5,8-9H2,(H,12,13)/i1D,2D,3D,4D2,5D2,6D,7D,8D2,9D2. The zero-order chi connectivity index (χ0) is 21.0. The molecule has 13 heavy (non-hydrogen) atoms. The van der Waals surface area contributed by atoms with Gasteiger partial charge in [-0.05, 0) is 24.7 Å². The summed E-state index contributed by atoms with van der Waals surface area (Å²) in [5.41, 5.74) is -1.24. The summed E-state index contributed by atoms with van der Waals surface area (Å²) in [5.74, 6) is -2.39. The molecule has 0 aliphatic carbocycles. The molecule has 1 aromatic carbocycles. The Bertz CT molecular complexity index is 726. The zero-order valence-electron chi connectivity index (χ0n) is 19.4. The van der Waals surface area contributed by atoms with Crippen LogP contribution in [0, 0.1) is 0 Å². The normalized spacial score (nSPS) is 28.8. The molecule has 0 bridgehead atoms. The van der Waals surface area contributed by atoms with Gasteiger partial charge >= 0.3 is 5.97 Å². The van der Waals surface area contributed by atoms with Gasteiger partial charge in [-0.3, -0.25) is 4.79 Å². The van der Waals surface area contributed by atoms with E-state index in [0.29, 0.717) is 0 Å². The molecule has 0 aliphatic rings. The van der Waals surface area contributed by atoms with Gasteiger partial charge in [0.2, 0.25) is 0 Å². The van der Waals surface area contributed by atoms with E-state index in [1.165, 1.54) is 0 Å². The summed E-state index contributed by atoms with van der Waals surface area (Å²) < 4.78 is 99.1. The molecule has 1 N–H and O–H groups in total. The molecule has 0 heterocycles. The first-order valence-corrected chi connectivity index (χ1v) is 3.18. The van der Waals surface area contributed by atoms with Crippen molar-refractivity contribution in [3.05, 3.63) is 35.8 Å². The van der Waals surface area contributed by atoms with E-state index in [4.69, 9.17) is 22.9 Å². The summed E-state index contributed by atoms with van der Waals surface area (Å²) in [7, 11) is 0. The second kappa shape index (κ2) is 5.36. The monoisotopic (exact) mass is 191 g/mol. The van der Waals surface area contributed by atoms with Crippen LogP contribution >= 0.6 is 0 Å². The minimum atomic E-state index is -3.97. The van der Waals surface area contributed by atoms with Gasteiger partial charge in [0, 0.05) is 17.3 Å². The minimum Gasteiger partial charge on any atom is -0.481 e. The maximum Gasteiger partial charge on any atom is 0.303 e. The Hall–Kier alpha value is -1.31. The Morgan fingerprint density at radius 2 is 2.08 bits per heavy atom. The summed E-state index contributed by atoms with van der Waals surface area (Å²) >= 11 is 0. The molecule has 0 amide bonds. The molecule has 0 aliphatic heterocycles. The van der Waals surface area contributed by atoms with Crippen LogP contribution in [0.5, 0.6) is 0 Å². The van der Waals surface area contributed by atoms with E-state index >= 15 is 0 Å². The Balaban J connectivity index is 3.83. The topological polar surface area (TPSA) is 37.3 Å². The predicted molar refractivity (Wildman–Crippen MR) is 51.6 cm³/mol. The number of benzene rings is 1. The van der Waals surface area contributed by atoms with Crippen LogP contribution in [0.4, 0.5) is 0 Å². The van der Waals surface area contributed by atoms with Gasteiger partial charge in [0.15, 0.2) is 0 Å². The van der Waals surface area contributed by atoms with Crippen molar-refractivity contribution in [1.82, 2.24) is 0 Å². The highest BCUT2D eigenvalue weighted by molar-refractivity contribution is 5.66. The zero-order valence-corrected chi connectivity index (χ0v) is 6.36. The molecule has 70 valence electrons. The summed E-state index contributed by atoms with van der Waals surface area (Å²) in [5, 5.41) is 8.85. The molecule has 1 aromatic rings. The van der Waals surface area contributed by atoms with Gasteiger partial charge in [0.25, 0.3) is 0 Å². The first kappa shape index (κ1) is 2.19. The van der Waals surface area contributed by atoms with Crippen LogP contribution in [0.15, 0.2) is 30.2 Å². The van der Waals surface area contributed by atoms with Gasteiger partial charge in [0.05, 0.1) is 6.85 Å². The highest BCUT2D eigenvalue weighted by Gasteiger charge is 1.96. The lowest BCUT2D eigenvalue weighted by molar-refractivity contribution is -0.137. The lowest BCUT2D eigenvalue weighted by Gasteiger charge is -1.98.